The molecule has 61 heavy (non-hydrogen) atoms. The van der Waals surface area contributed by atoms with Gasteiger partial charge in [-0.15, -0.1) is 0 Å². The van der Waals surface area contributed by atoms with E-state index in [1.54, 1.807) is 0 Å². The Bertz CT molecular complexity index is 3080. The lowest BCUT2D eigenvalue weighted by Crippen LogP contribution is -2.17. The van der Waals surface area contributed by atoms with Gasteiger partial charge in [0.15, 0.2) is 0 Å². The number of furan rings is 1. The van der Waals surface area contributed by atoms with Crippen LogP contribution in [0.1, 0.15) is 77.6 Å². The molecule has 1 aliphatic carbocycles. The minimum absolute atomic E-state index is 0.0244. The second-order valence-corrected chi connectivity index (χ2v) is 19.5. The summed E-state index contributed by atoms with van der Waals surface area (Å²) >= 11 is 0. The smallest absolute Gasteiger partial charge is 0.143 e. The van der Waals surface area contributed by atoms with Gasteiger partial charge in [0.1, 0.15) is 11.2 Å². The first-order chi connectivity index (χ1) is 29.3. The van der Waals surface area contributed by atoms with Crippen molar-refractivity contribution >= 4 is 39.0 Å². The van der Waals surface area contributed by atoms with Crippen LogP contribution in [0.2, 0.25) is 0 Å². The Hall–Kier alpha value is -6.64. The van der Waals surface area contributed by atoms with Crippen LogP contribution in [0.15, 0.2) is 180 Å². The van der Waals surface area contributed by atoms with Crippen molar-refractivity contribution < 1.29 is 4.42 Å². The van der Waals surface area contributed by atoms with Gasteiger partial charge in [-0.2, -0.15) is 0 Å². The fraction of sp³-hybridized carbons (Fsp3) is 0.186. The van der Waals surface area contributed by atoms with Crippen molar-refractivity contribution in [1.29, 1.82) is 0 Å². The predicted molar refractivity (Wildman–Crippen MR) is 260 cm³/mol. The second kappa shape index (κ2) is 14.2. The molecule has 0 bridgehead atoms. The van der Waals surface area contributed by atoms with E-state index < -0.39 is 0 Å². The molecule has 2 nitrogen and oxygen atoms in total. The van der Waals surface area contributed by atoms with Gasteiger partial charge in [0, 0.05) is 38.7 Å². The highest BCUT2D eigenvalue weighted by atomic mass is 16.3. The predicted octanol–water partition coefficient (Wildman–Crippen LogP) is 17.0. The zero-order valence-corrected chi connectivity index (χ0v) is 36.6. The molecule has 0 aliphatic heterocycles. The molecule has 0 amide bonds. The first kappa shape index (κ1) is 38.6. The molecule has 8 aromatic carbocycles. The number of hydrogen-bond acceptors (Lipinski definition) is 2. The van der Waals surface area contributed by atoms with E-state index in [1.165, 1.54) is 50.1 Å². The number of fused-ring (bicyclic) bond motifs is 6. The van der Waals surface area contributed by atoms with E-state index >= 15 is 0 Å². The standard InChI is InChI=1S/C59H53NO/c1-57(2,3)42-33-41(34-43(36-42)58(4,5)6)39-25-28-44(29-26-39)60(45-30-32-47-46-19-12-14-23-52(46)59(7,8)53(47)37-45)54-35-40(38-17-10-9-11-18-38)27-31-48(54)50-21-16-22-51-49-20-13-15-24-55(49)61-56(50)51/h9-37H,1-8H3. The Morgan fingerprint density at radius 1 is 0.410 bits per heavy atom. The van der Waals surface area contributed by atoms with Crippen molar-refractivity contribution in [3.63, 3.8) is 0 Å². The summed E-state index contributed by atoms with van der Waals surface area (Å²) in [6, 6.07) is 65.0. The highest BCUT2D eigenvalue weighted by Gasteiger charge is 2.36. The molecular formula is C59H53NO. The van der Waals surface area contributed by atoms with Gasteiger partial charge in [-0.05, 0) is 103 Å². The first-order valence-corrected chi connectivity index (χ1v) is 21.7. The molecule has 1 aromatic heterocycles. The lowest BCUT2D eigenvalue weighted by Gasteiger charge is -2.30. The molecule has 0 saturated heterocycles. The topological polar surface area (TPSA) is 16.4 Å². The SMILES string of the molecule is CC(C)(C)c1cc(-c2ccc(N(c3ccc4c(c3)C(C)(C)c3ccccc3-4)c3cc(-c4ccccc4)ccc3-c3cccc4c3oc3ccccc34)cc2)cc(C(C)(C)C)c1. The van der Waals surface area contributed by atoms with Gasteiger partial charge in [0.25, 0.3) is 0 Å². The monoisotopic (exact) mass is 791 g/mol. The highest BCUT2D eigenvalue weighted by molar-refractivity contribution is 6.11. The zero-order chi connectivity index (χ0) is 42.3. The van der Waals surface area contributed by atoms with Gasteiger partial charge in [-0.3, -0.25) is 0 Å². The van der Waals surface area contributed by atoms with Crippen LogP contribution in [-0.4, -0.2) is 0 Å². The maximum atomic E-state index is 6.74. The number of rotatable bonds is 6. The van der Waals surface area contributed by atoms with Crippen molar-refractivity contribution in [2.45, 2.75) is 71.6 Å². The first-order valence-electron chi connectivity index (χ1n) is 21.7. The number of para-hydroxylation sites is 2. The van der Waals surface area contributed by atoms with E-state index in [0.717, 1.165) is 55.7 Å². The maximum Gasteiger partial charge on any atom is 0.143 e. The van der Waals surface area contributed by atoms with Crippen molar-refractivity contribution in [3.05, 3.63) is 198 Å². The van der Waals surface area contributed by atoms with Gasteiger partial charge >= 0.3 is 0 Å². The van der Waals surface area contributed by atoms with Gasteiger partial charge < -0.3 is 9.32 Å². The lowest BCUT2D eigenvalue weighted by atomic mass is 9.79. The van der Waals surface area contributed by atoms with E-state index in [4.69, 9.17) is 4.42 Å². The summed E-state index contributed by atoms with van der Waals surface area (Å²) in [7, 11) is 0. The van der Waals surface area contributed by atoms with E-state index in [-0.39, 0.29) is 16.2 Å². The van der Waals surface area contributed by atoms with E-state index in [1.807, 2.05) is 6.07 Å². The highest BCUT2D eigenvalue weighted by Crippen LogP contribution is 2.52. The average Bonchev–Trinajstić information content (AvgIpc) is 3.75. The van der Waals surface area contributed by atoms with Crippen LogP contribution in [-0.2, 0) is 16.2 Å². The molecule has 0 saturated carbocycles. The van der Waals surface area contributed by atoms with Crippen LogP contribution in [0.3, 0.4) is 0 Å². The number of benzene rings is 8. The Kier molecular flexibility index (Phi) is 9.00. The Morgan fingerprint density at radius 3 is 1.72 bits per heavy atom. The van der Waals surface area contributed by atoms with Crippen LogP contribution in [0.5, 0.6) is 0 Å². The van der Waals surface area contributed by atoms with Crippen molar-refractivity contribution in [3.8, 4) is 44.5 Å². The molecule has 9 aromatic rings. The minimum atomic E-state index is -0.158. The van der Waals surface area contributed by atoms with Gasteiger partial charge in [0.05, 0.1) is 5.69 Å². The zero-order valence-electron chi connectivity index (χ0n) is 36.6. The molecule has 2 heteroatoms. The summed E-state index contributed by atoms with van der Waals surface area (Å²) in [5.41, 5.74) is 19.9. The normalized spacial score (nSPS) is 13.4. The molecule has 0 radical (unpaired) electrons. The summed E-state index contributed by atoms with van der Waals surface area (Å²) in [6.07, 6.45) is 0. The molecule has 0 fully saturated rings. The molecule has 300 valence electrons. The molecule has 0 spiro atoms. The third kappa shape index (κ3) is 6.66. The molecular weight excluding hydrogens is 739 g/mol. The fourth-order valence-corrected chi connectivity index (χ4v) is 9.44. The summed E-state index contributed by atoms with van der Waals surface area (Å²) in [6.45, 7) is 18.6. The molecule has 10 rings (SSSR count). The third-order valence-corrected chi connectivity index (χ3v) is 13.0. The van der Waals surface area contributed by atoms with Crippen molar-refractivity contribution in [1.82, 2.24) is 0 Å². The maximum absolute atomic E-state index is 6.74. The third-order valence-electron chi connectivity index (χ3n) is 13.0. The summed E-state index contributed by atoms with van der Waals surface area (Å²) in [5.74, 6) is 0. The number of nitrogens with zero attached hydrogens (tertiary/aromatic N) is 1. The van der Waals surface area contributed by atoms with Crippen LogP contribution >= 0.6 is 0 Å². The molecule has 0 unspecified atom stereocenters. The average molecular weight is 792 g/mol. The van der Waals surface area contributed by atoms with Gasteiger partial charge in [-0.1, -0.05) is 195 Å². The number of hydrogen-bond donors (Lipinski definition) is 0. The summed E-state index contributed by atoms with van der Waals surface area (Å²) < 4.78 is 6.74. The number of anilines is 3. The minimum Gasteiger partial charge on any atom is -0.455 e. The van der Waals surface area contributed by atoms with Crippen LogP contribution in [0.25, 0.3) is 66.4 Å². The van der Waals surface area contributed by atoms with Crippen LogP contribution < -0.4 is 4.90 Å². The Morgan fingerprint density at radius 2 is 0.984 bits per heavy atom. The van der Waals surface area contributed by atoms with E-state index in [0.29, 0.717) is 0 Å². The van der Waals surface area contributed by atoms with Crippen LogP contribution in [0.4, 0.5) is 17.1 Å². The van der Waals surface area contributed by atoms with Gasteiger partial charge in [0.2, 0.25) is 0 Å². The second-order valence-electron chi connectivity index (χ2n) is 19.5. The van der Waals surface area contributed by atoms with E-state index in [9.17, 15) is 0 Å². The Balaban J connectivity index is 1.22. The largest absolute Gasteiger partial charge is 0.455 e. The quantitative estimate of drug-likeness (QED) is 0.167. The Labute approximate surface area is 361 Å². The fourth-order valence-electron chi connectivity index (χ4n) is 9.44. The summed E-state index contributed by atoms with van der Waals surface area (Å²) in [5, 5.41) is 2.24. The summed E-state index contributed by atoms with van der Waals surface area (Å²) in [4.78, 5) is 2.47. The van der Waals surface area contributed by atoms with E-state index in [2.05, 4.69) is 230 Å². The van der Waals surface area contributed by atoms with Crippen molar-refractivity contribution in [2.24, 2.45) is 0 Å². The van der Waals surface area contributed by atoms with Gasteiger partial charge in [-0.25, -0.2) is 0 Å². The molecule has 0 atom stereocenters. The van der Waals surface area contributed by atoms with Crippen LogP contribution in [0, 0.1) is 0 Å². The molecule has 1 heterocycles. The molecule has 1 aliphatic rings. The lowest BCUT2D eigenvalue weighted by molar-refractivity contribution is 0.569. The van der Waals surface area contributed by atoms with Crippen molar-refractivity contribution in [2.75, 3.05) is 4.90 Å². The molecule has 0 N–H and O–H groups in total.